The summed E-state index contributed by atoms with van der Waals surface area (Å²) in [5, 5.41) is 14.0. The molecular formula is C28H32N2O6. The van der Waals surface area contributed by atoms with E-state index in [0.29, 0.717) is 12.2 Å². The minimum atomic E-state index is -0.903. The van der Waals surface area contributed by atoms with E-state index in [-0.39, 0.29) is 40.7 Å². The largest absolute Gasteiger partial charge is 0.504 e. The Morgan fingerprint density at radius 2 is 2.08 bits per heavy atom. The maximum Gasteiger partial charge on any atom is 0.330 e. The number of piperidine rings is 1. The Bertz CT molecular complexity index is 1220. The van der Waals surface area contributed by atoms with Crippen LogP contribution in [0.5, 0.6) is 11.5 Å². The number of amides is 1. The number of nitrogens with zero attached hydrogens (tertiary/aromatic N) is 1. The van der Waals surface area contributed by atoms with Gasteiger partial charge < -0.3 is 24.6 Å². The number of rotatable bonds is 6. The molecule has 4 bridgehead atoms. The van der Waals surface area contributed by atoms with Crippen molar-refractivity contribution in [3.63, 3.8) is 0 Å². The fourth-order valence-electron chi connectivity index (χ4n) is 8.37. The minimum absolute atomic E-state index is 0.166. The quantitative estimate of drug-likeness (QED) is 0.356. The Balaban J connectivity index is 1.36. The second kappa shape index (κ2) is 7.35. The Hall–Kier alpha value is -2.84. The molecule has 0 aromatic heterocycles. The number of esters is 1. The predicted molar refractivity (Wildman–Crippen MR) is 130 cm³/mol. The highest BCUT2D eigenvalue weighted by atomic mass is 16.6. The molecule has 3 fully saturated rings. The number of carbonyl (C=O) groups excluding carboxylic acids is 2. The van der Waals surface area contributed by atoms with Crippen LogP contribution in [0.15, 0.2) is 36.4 Å². The van der Waals surface area contributed by atoms with Crippen molar-refractivity contribution in [1.82, 2.24) is 10.2 Å². The zero-order chi connectivity index (χ0) is 24.9. The van der Waals surface area contributed by atoms with Crippen LogP contribution in [0, 0.1) is 11.3 Å². The zero-order valence-corrected chi connectivity index (χ0v) is 20.7. The third-order valence-electron chi connectivity index (χ3n) is 9.99. The van der Waals surface area contributed by atoms with Crippen LogP contribution in [0.4, 0.5) is 0 Å². The Morgan fingerprint density at radius 3 is 2.83 bits per heavy atom. The first-order chi connectivity index (χ1) is 17.4. The Labute approximate surface area is 210 Å². The van der Waals surface area contributed by atoms with Crippen molar-refractivity contribution in [2.45, 2.75) is 61.3 Å². The second-order valence-corrected chi connectivity index (χ2v) is 11.4. The van der Waals surface area contributed by atoms with E-state index in [1.165, 1.54) is 31.6 Å². The summed E-state index contributed by atoms with van der Waals surface area (Å²) >= 11 is 0. The maximum atomic E-state index is 12.9. The number of hydrogen-bond acceptors (Lipinski definition) is 7. The number of aromatic hydroxyl groups is 1. The van der Waals surface area contributed by atoms with Gasteiger partial charge in [0.1, 0.15) is 11.7 Å². The number of likely N-dealkylation sites (tertiary alicyclic amines) is 1. The van der Waals surface area contributed by atoms with Gasteiger partial charge in [-0.3, -0.25) is 9.69 Å². The van der Waals surface area contributed by atoms with E-state index in [9.17, 15) is 14.7 Å². The normalized spacial score (nSPS) is 39.1. The summed E-state index contributed by atoms with van der Waals surface area (Å²) in [5.74, 6) is 0.570. The lowest BCUT2D eigenvalue weighted by atomic mass is 9.38. The number of benzene rings is 1. The van der Waals surface area contributed by atoms with Crippen LogP contribution < -0.4 is 10.1 Å². The van der Waals surface area contributed by atoms with Crippen LogP contribution in [-0.2, 0) is 30.9 Å². The smallest absolute Gasteiger partial charge is 0.330 e. The summed E-state index contributed by atoms with van der Waals surface area (Å²) in [7, 11) is 2.94. The molecule has 1 saturated heterocycles. The van der Waals surface area contributed by atoms with E-state index in [4.69, 9.17) is 9.47 Å². The molecule has 8 nitrogen and oxygen atoms in total. The van der Waals surface area contributed by atoms with Crippen LogP contribution in [-0.4, -0.2) is 73.0 Å². The van der Waals surface area contributed by atoms with Crippen molar-refractivity contribution in [2.75, 3.05) is 27.3 Å². The molecular weight excluding hydrogens is 460 g/mol. The molecule has 6 atom stereocenters. The third-order valence-corrected chi connectivity index (χ3v) is 9.99. The lowest BCUT2D eigenvalue weighted by molar-refractivity contribution is -0.203. The van der Waals surface area contributed by atoms with E-state index in [1.807, 2.05) is 0 Å². The average Bonchev–Trinajstić information content (AvgIpc) is 3.62. The molecule has 1 amide bonds. The summed E-state index contributed by atoms with van der Waals surface area (Å²) < 4.78 is 17.6. The molecule has 0 radical (unpaired) electrons. The van der Waals surface area contributed by atoms with E-state index < -0.39 is 11.6 Å². The van der Waals surface area contributed by atoms with Gasteiger partial charge in [0, 0.05) is 42.8 Å². The molecule has 36 heavy (non-hydrogen) atoms. The number of phenolic OH excluding ortho intramolecular Hbond substituents is 1. The molecule has 2 heterocycles. The second-order valence-electron chi connectivity index (χ2n) is 11.4. The number of methoxy groups -OCH3 is 2. The SMILES string of the molecule is COC(=O)/C=C/C(=O)N[C@H]1C[C@@]23C=C[C@]1(OC)[C@@H]1Oc4c(O)ccc5c4[C@@]12CCN(CC1CC1)[C@@H]3C5. The molecule has 0 unspecified atom stereocenters. The molecule has 5 aliphatic carbocycles. The van der Waals surface area contributed by atoms with Gasteiger partial charge in [-0.05, 0) is 56.2 Å². The van der Waals surface area contributed by atoms with Gasteiger partial charge in [-0.15, -0.1) is 0 Å². The van der Waals surface area contributed by atoms with Crippen LogP contribution in [0.2, 0.25) is 0 Å². The van der Waals surface area contributed by atoms with Crippen molar-refractivity contribution < 1.29 is 28.9 Å². The molecule has 1 aromatic rings. The lowest BCUT2D eigenvalue weighted by Gasteiger charge is -2.71. The predicted octanol–water partition coefficient (Wildman–Crippen LogP) is 1.99. The van der Waals surface area contributed by atoms with Crippen LogP contribution in [0.3, 0.4) is 0 Å². The summed E-state index contributed by atoms with van der Waals surface area (Å²) in [5.41, 5.74) is 0.917. The fourth-order valence-corrected chi connectivity index (χ4v) is 8.37. The summed E-state index contributed by atoms with van der Waals surface area (Å²) in [6, 6.07) is 3.75. The van der Waals surface area contributed by atoms with Gasteiger partial charge in [0.25, 0.3) is 0 Å². The number of fused-ring (bicyclic) bond motifs is 1. The maximum absolute atomic E-state index is 12.9. The Morgan fingerprint density at radius 1 is 1.25 bits per heavy atom. The Kier molecular flexibility index (Phi) is 4.57. The van der Waals surface area contributed by atoms with E-state index in [0.717, 1.165) is 43.5 Å². The first-order valence-corrected chi connectivity index (χ1v) is 13.0. The van der Waals surface area contributed by atoms with Crippen molar-refractivity contribution in [2.24, 2.45) is 11.3 Å². The number of carbonyl (C=O) groups is 2. The van der Waals surface area contributed by atoms with Crippen molar-refractivity contribution in [3.8, 4) is 11.5 Å². The van der Waals surface area contributed by atoms with Gasteiger partial charge in [-0.1, -0.05) is 18.2 Å². The zero-order valence-electron chi connectivity index (χ0n) is 20.7. The molecule has 2 saturated carbocycles. The molecule has 1 aromatic carbocycles. The molecule has 190 valence electrons. The summed E-state index contributed by atoms with van der Waals surface area (Å²) in [4.78, 5) is 27.2. The van der Waals surface area contributed by atoms with Crippen molar-refractivity contribution >= 4 is 11.9 Å². The van der Waals surface area contributed by atoms with Crippen LogP contribution in [0.1, 0.15) is 36.8 Å². The average molecular weight is 493 g/mol. The highest BCUT2D eigenvalue weighted by Crippen LogP contribution is 2.73. The molecule has 8 heteroatoms. The van der Waals surface area contributed by atoms with Crippen LogP contribution >= 0.6 is 0 Å². The topological polar surface area (TPSA) is 97.3 Å². The lowest BCUT2D eigenvalue weighted by Crippen LogP contribution is -2.82. The molecule has 7 aliphatic rings. The van der Waals surface area contributed by atoms with Gasteiger partial charge in [0.15, 0.2) is 11.5 Å². The fraction of sp³-hybridized carbons (Fsp3) is 0.571. The van der Waals surface area contributed by atoms with Crippen LogP contribution in [0.25, 0.3) is 0 Å². The number of hydrogen-bond donors (Lipinski definition) is 2. The highest BCUT2D eigenvalue weighted by molar-refractivity contribution is 5.94. The molecule has 2 spiro atoms. The number of phenols is 1. The number of ether oxygens (including phenoxy) is 3. The molecule has 2 aliphatic heterocycles. The van der Waals surface area contributed by atoms with Gasteiger partial charge >= 0.3 is 5.97 Å². The van der Waals surface area contributed by atoms with E-state index in [2.05, 4.69) is 33.2 Å². The summed E-state index contributed by atoms with van der Waals surface area (Å²) in [6.45, 7) is 2.10. The standard InChI is InChI=1S/C28H32N2O6/c1-34-22(33)8-7-21(32)29-19-14-26-9-10-28(19,35-2)25-27(26)11-12-30(15-16-3-4-16)20(26)13-17-5-6-18(31)24(36-25)23(17)27/h5-10,16,19-20,25,31H,3-4,11-15H2,1-2H3,(H,29,32)/b8-7+/t19-,20+,25+,26+,27-,28+/m0/s1. The van der Waals surface area contributed by atoms with E-state index in [1.54, 1.807) is 13.2 Å². The first-order valence-electron chi connectivity index (χ1n) is 13.0. The molecule has 8 rings (SSSR count). The van der Waals surface area contributed by atoms with Gasteiger partial charge in [0.05, 0.1) is 18.6 Å². The minimum Gasteiger partial charge on any atom is -0.504 e. The highest BCUT2D eigenvalue weighted by Gasteiger charge is 2.79. The van der Waals surface area contributed by atoms with Crippen molar-refractivity contribution in [3.05, 3.63) is 47.6 Å². The first kappa shape index (κ1) is 22.4. The van der Waals surface area contributed by atoms with Gasteiger partial charge in [-0.2, -0.15) is 0 Å². The van der Waals surface area contributed by atoms with Crippen molar-refractivity contribution in [1.29, 1.82) is 0 Å². The number of nitrogens with one attached hydrogen (secondary N) is 1. The van der Waals surface area contributed by atoms with Gasteiger partial charge in [0.2, 0.25) is 5.91 Å². The van der Waals surface area contributed by atoms with Gasteiger partial charge in [-0.25, -0.2) is 4.79 Å². The third kappa shape index (κ3) is 2.61. The van der Waals surface area contributed by atoms with E-state index >= 15 is 0 Å². The summed E-state index contributed by atoms with van der Waals surface area (Å²) in [6.07, 6.45) is 11.5. The monoisotopic (exact) mass is 492 g/mol. The molecule has 2 N–H and O–H groups in total.